The van der Waals surface area contributed by atoms with Crippen LogP contribution in [0.3, 0.4) is 0 Å². The smallest absolute Gasteiger partial charge is 0.0809 e. The summed E-state index contributed by atoms with van der Waals surface area (Å²) in [5.41, 5.74) is 0. The van der Waals surface area contributed by atoms with E-state index in [9.17, 15) is 0 Å². The van der Waals surface area contributed by atoms with Crippen molar-refractivity contribution in [2.45, 2.75) is 57.7 Å². The zero-order valence-electron chi connectivity index (χ0n) is 7.96. The van der Waals surface area contributed by atoms with Gasteiger partial charge in [-0.05, 0) is 19.8 Å². The first kappa shape index (κ1) is 10.0. The molecule has 1 N–H and O–H groups in total. The first-order valence-corrected chi connectivity index (χ1v) is 5.09. The van der Waals surface area contributed by atoms with Gasteiger partial charge in [0, 0.05) is 0 Å². The minimum absolute atomic E-state index is 0.0955. The van der Waals surface area contributed by atoms with Crippen molar-refractivity contribution < 1.29 is 9.84 Å². The van der Waals surface area contributed by atoms with E-state index in [0.717, 1.165) is 12.8 Å². The highest BCUT2D eigenvalue weighted by molar-refractivity contribution is 4.63. The molecular weight excluding hydrogens is 152 g/mol. The molecule has 0 aliphatic carbocycles. The lowest BCUT2D eigenvalue weighted by molar-refractivity contribution is -0.0367. The molecule has 1 fully saturated rings. The fourth-order valence-corrected chi connectivity index (χ4v) is 1.76. The van der Waals surface area contributed by atoms with Crippen LogP contribution < -0.4 is 0 Å². The maximum atomic E-state index is 8.99. The molecule has 0 saturated carbocycles. The molecule has 0 radical (unpaired) electrons. The van der Waals surface area contributed by atoms with E-state index < -0.39 is 0 Å². The van der Waals surface area contributed by atoms with Crippen molar-refractivity contribution in [3.8, 4) is 0 Å². The quantitative estimate of drug-likeness (QED) is 0.656. The van der Waals surface area contributed by atoms with E-state index in [4.69, 9.17) is 9.84 Å². The molecule has 1 saturated heterocycles. The van der Waals surface area contributed by atoms with Crippen LogP contribution in [0, 0.1) is 0 Å². The Bertz CT molecular complexity index is 114. The molecule has 2 atom stereocenters. The van der Waals surface area contributed by atoms with Gasteiger partial charge in [-0.1, -0.05) is 25.7 Å². The first-order chi connectivity index (χ1) is 5.83. The van der Waals surface area contributed by atoms with Gasteiger partial charge in [0.2, 0.25) is 0 Å². The predicted molar refractivity (Wildman–Crippen MR) is 49.1 cm³/mol. The van der Waals surface area contributed by atoms with Crippen molar-refractivity contribution in [1.82, 2.24) is 0 Å². The monoisotopic (exact) mass is 172 g/mol. The Balaban J connectivity index is 2.32. The van der Waals surface area contributed by atoms with Crippen LogP contribution in [0.4, 0.5) is 0 Å². The lowest BCUT2D eigenvalue weighted by Crippen LogP contribution is -2.22. The molecule has 2 nitrogen and oxygen atoms in total. The molecule has 0 amide bonds. The number of hydrogen-bond donors (Lipinski definition) is 1. The van der Waals surface area contributed by atoms with Crippen LogP contribution >= 0.6 is 0 Å². The highest BCUT2D eigenvalue weighted by Crippen LogP contribution is 2.17. The highest BCUT2D eigenvalue weighted by Gasteiger charge is 2.13. The van der Waals surface area contributed by atoms with Crippen molar-refractivity contribution in [2.75, 3.05) is 6.61 Å². The zero-order chi connectivity index (χ0) is 8.81. The minimum atomic E-state index is 0.0955. The fraction of sp³-hybridized carbons (Fsp3) is 1.00. The van der Waals surface area contributed by atoms with Gasteiger partial charge in [0.15, 0.2) is 0 Å². The van der Waals surface area contributed by atoms with Crippen LogP contribution in [-0.4, -0.2) is 23.9 Å². The van der Waals surface area contributed by atoms with E-state index >= 15 is 0 Å². The van der Waals surface area contributed by atoms with Crippen LogP contribution in [0.2, 0.25) is 0 Å². The standard InChI is InChI=1S/C10H20O2/c1-9-6-4-2-3-5-7-10(8-11)12-9/h9-11H,2-8H2,1H3/t9-,10-/m1/s1. The van der Waals surface area contributed by atoms with E-state index in [2.05, 4.69) is 6.92 Å². The molecule has 0 bridgehead atoms. The molecule has 12 heavy (non-hydrogen) atoms. The van der Waals surface area contributed by atoms with Crippen LogP contribution in [0.25, 0.3) is 0 Å². The Morgan fingerprint density at radius 1 is 1.17 bits per heavy atom. The van der Waals surface area contributed by atoms with Gasteiger partial charge in [0.05, 0.1) is 18.8 Å². The predicted octanol–water partition coefficient (Wildman–Crippen LogP) is 2.11. The SMILES string of the molecule is C[C@@H]1CCCCCC[C@H](CO)O1. The normalized spacial score (nSPS) is 33.5. The molecule has 0 spiro atoms. The second-order valence-corrected chi connectivity index (χ2v) is 3.74. The van der Waals surface area contributed by atoms with Gasteiger partial charge in [-0.3, -0.25) is 0 Å². The lowest BCUT2D eigenvalue weighted by atomic mass is 10.1. The summed E-state index contributed by atoms with van der Waals surface area (Å²) in [6.45, 7) is 2.29. The van der Waals surface area contributed by atoms with Crippen molar-refractivity contribution >= 4 is 0 Å². The Kier molecular flexibility index (Phi) is 4.62. The topological polar surface area (TPSA) is 29.5 Å². The Morgan fingerprint density at radius 3 is 2.50 bits per heavy atom. The summed E-state index contributed by atoms with van der Waals surface area (Å²) in [6, 6.07) is 0. The zero-order valence-corrected chi connectivity index (χ0v) is 7.96. The Morgan fingerprint density at radius 2 is 1.83 bits per heavy atom. The second-order valence-electron chi connectivity index (χ2n) is 3.74. The molecule has 0 aromatic heterocycles. The molecule has 72 valence electrons. The fourth-order valence-electron chi connectivity index (χ4n) is 1.76. The lowest BCUT2D eigenvalue weighted by Gasteiger charge is -2.18. The molecule has 1 rings (SSSR count). The third kappa shape index (κ3) is 3.55. The van der Waals surface area contributed by atoms with Crippen molar-refractivity contribution in [3.63, 3.8) is 0 Å². The summed E-state index contributed by atoms with van der Waals surface area (Å²) in [4.78, 5) is 0. The summed E-state index contributed by atoms with van der Waals surface area (Å²) in [5, 5.41) is 8.99. The van der Waals surface area contributed by atoms with Crippen molar-refractivity contribution in [3.05, 3.63) is 0 Å². The maximum absolute atomic E-state index is 8.99. The highest BCUT2D eigenvalue weighted by atomic mass is 16.5. The number of aliphatic hydroxyl groups excluding tert-OH is 1. The average molecular weight is 172 g/mol. The summed E-state index contributed by atoms with van der Waals surface area (Å²) < 4.78 is 5.67. The third-order valence-corrected chi connectivity index (χ3v) is 2.52. The molecule has 1 aliphatic rings. The molecule has 2 heteroatoms. The summed E-state index contributed by atoms with van der Waals surface area (Å²) >= 11 is 0. The van der Waals surface area contributed by atoms with Gasteiger partial charge in [-0.2, -0.15) is 0 Å². The van der Waals surface area contributed by atoms with Crippen molar-refractivity contribution in [1.29, 1.82) is 0 Å². The van der Waals surface area contributed by atoms with Crippen molar-refractivity contribution in [2.24, 2.45) is 0 Å². The number of hydrogen-bond acceptors (Lipinski definition) is 2. The largest absolute Gasteiger partial charge is 0.394 e. The van der Waals surface area contributed by atoms with E-state index in [1.807, 2.05) is 0 Å². The van der Waals surface area contributed by atoms with Gasteiger partial charge in [0.25, 0.3) is 0 Å². The van der Waals surface area contributed by atoms with Crippen LogP contribution in [0.15, 0.2) is 0 Å². The van der Waals surface area contributed by atoms with E-state index in [-0.39, 0.29) is 12.7 Å². The summed E-state index contributed by atoms with van der Waals surface area (Å²) in [6.07, 6.45) is 7.71. The minimum Gasteiger partial charge on any atom is -0.394 e. The summed E-state index contributed by atoms with van der Waals surface area (Å²) in [7, 11) is 0. The molecule has 0 unspecified atom stereocenters. The molecule has 1 heterocycles. The van der Waals surface area contributed by atoms with Crippen LogP contribution in [0.5, 0.6) is 0 Å². The van der Waals surface area contributed by atoms with Gasteiger partial charge in [-0.25, -0.2) is 0 Å². The van der Waals surface area contributed by atoms with Crippen LogP contribution in [-0.2, 0) is 4.74 Å². The molecule has 0 aromatic rings. The first-order valence-electron chi connectivity index (χ1n) is 5.09. The molecule has 1 aliphatic heterocycles. The van der Waals surface area contributed by atoms with E-state index in [1.165, 1.54) is 25.7 Å². The maximum Gasteiger partial charge on any atom is 0.0809 e. The number of aliphatic hydroxyl groups is 1. The number of rotatable bonds is 1. The Hall–Kier alpha value is -0.0800. The second kappa shape index (κ2) is 5.55. The van der Waals surface area contributed by atoms with Crippen LogP contribution in [0.1, 0.15) is 45.4 Å². The van der Waals surface area contributed by atoms with Gasteiger partial charge in [-0.15, -0.1) is 0 Å². The summed E-state index contributed by atoms with van der Waals surface area (Å²) in [5.74, 6) is 0. The van der Waals surface area contributed by atoms with Gasteiger partial charge in [0.1, 0.15) is 0 Å². The van der Waals surface area contributed by atoms with E-state index in [0.29, 0.717) is 6.10 Å². The van der Waals surface area contributed by atoms with Gasteiger partial charge >= 0.3 is 0 Å². The third-order valence-electron chi connectivity index (χ3n) is 2.52. The molecular formula is C10H20O2. The molecule has 0 aromatic carbocycles. The average Bonchev–Trinajstić information content (AvgIpc) is 2.16. The number of ether oxygens (including phenoxy) is 1. The van der Waals surface area contributed by atoms with E-state index in [1.54, 1.807) is 0 Å². The Labute approximate surface area is 74.9 Å². The van der Waals surface area contributed by atoms with Gasteiger partial charge < -0.3 is 9.84 Å².